The van der Waals surface area contributed by atoms with Crippen molar-refractivity contribution in [2.75, 3.05) is 5.32 Å². The molecule has 1 aromatic carbocycles. The van der Waals surface area contributed by atoms with E-state index in [2.05, 4.69) is 21.2 Å². The van der Waals surface area contributed by atoms with Gasteiger partial charge in [-0.15, -0.1) is 11.3 Å². The first kappa shape index (κ1) is 13.2. The summed E-state index contributed by atoms with van der Waals surface area (Å²) in [5.41, 5.74) is 1.30. The molecule has 0 unspecified atom stereocenters. The Bertz CT molecular complexity index is 609. The van der Waals surface area contributed by atoms with Gasteiger partial charge in [-0.05, 0) is 59.6 Å². The van der Waals surface area contributed by atoms with Crippen LogP contribution in [0.25, 0.3) is 0 Å². The molecular weight excluding hydrogens is 317 g/mol. The molecule has 5 heteroatoms. The van der Waals surface area contributed by atoms with Gasteiger partial charge in [0.25, 0.3) is 5.91 Å². The van der Waals surface area contributed by atoms with Crippen LogP contribution >= 0.6 is 27.3 Å². The van der Waals surface area contributed by atoms with Gasteiger partial charge >= 0.3 is 0 Å². The van der Waals surface area contributed by atoms with Crippen molar-refractivity contribution in [1.82, 2.24) is 0 Å². The molecule has 0 fully saturated rings. The maximum Gasteiger partial charge on any atom is 0.265 e. The first-order valence-electron chi connectivity index (χ1n) is 5.31. The van der Waals surface area contributed by atoms with Crippen molar-refractivity contribution in [3.8, 4) is 0 Å². The van der Waals surface area contributed by atoms with E-state index in [0.717, 1.165) is 4.88 Å². The van der Waals surface area contributed by atoms with Crippen molar-refractivity contribution < 1.29 is 9.18 Å². The molecule has 1 amide bonds. The van der Waals surface area contributed by atoms with E-state index < -0.39 is 0 Å². The molecule has 0 bridgehead atoms. The summed E-state index contributed by atoms with van der Waals surface area (Å²) in [6.07, 6.45) is 0. The Morgan fingerprint density at radius 3 is 2.67 bits per heavy atom. The second kappa shape index (κ2) is 5.20. The second-order valence-corrected chi connectivity index (χ2v) is 6.09. The summed E-state index contributed by atoms with van der Waals surface area (Å²) in [6, 6.07) is 6.64. The third-order valence-electron chi connectivity index (χ3n) is 2.48. The highest BCUT2D eigenvalue weighted by molar-refractivity contribution is 9.10. The normalized spacial score (nSPS) is 10.4. The molecule has 1 aromatic heterocycles. The number of rotatable bonds is 2. The third-order valence-corrected chi connectivity index (χ3v) is 4.09. The fourth-order valence-corrected chi connectivity index (χ4v) is 2.63. The lowest BCUT2D eigenvalue weighted by Gasteiger charge is -2.08. The van der Waals surface area contributed by atoms with Crippen molar-refractivity contribution in [2.24, 2.45) is 0 Å². The molecule has 2 nitrogen and oxygen atoms in total. The fraction of sp³-hybridized carbons (Fsp3) is 0.154. The Labute approximate surface area is 117 Å². The van der Waals surface area contributed by atoms with Crippen LogP contribution in [0.1, 0.15) is 20.1 Å². The Morgan fingerprint density at radius 2 is 2.06 bits per heavy atom. The lowest BCUT2D eigenvalue weighted by atomic mass is 10.2. The van der Waals surface area contributed by atoms with Crippen LogP contribution in [0.3, 0.4) is 0 Å². The Morgan fingerprint density at radius 1 is 1.33 bits per heavy atom. The van der Waals surface area contributed by atoms with E-state index in [1.54, 1.807) is 19.1 Å². The van der Waals surface area contributed by atoms with Gasteiger partial charge in [0, 0.05) is 10.6 Å². The zero-order valence-corrected chi connectivity index (χ0v) is 12.3. The number of hydrogen-bond acceptors (Lipinski definition) is 2. The van der Waals surface area contributed by atoms with Crippen LogP contribution in [0.2, 0.25) is 0 Å². The topological polar surface area (TPSA) is 29.1 Å². The molecule has 0 aliphatic rings. The molecule has 0 saturated heterocycles. The van der Waals surface area contributed by atoms with Crippen LogP contribution in [0.15, 0.2) is 28.7 Å². The van der Waals surface area contributed by atoms with E-state index in [4.69, 9.17) is 0 Å². The van der Waals surface area contributed by atoms with E-state index in [9.17, 15) is 9.18 Å². The Balaban J connectivity index is 2.24. The molecular formula is C13H11BrFNOS. The highest BCUT2D eigenvalue weighted by atomic mass is 79.9. The number of hydrogen-bond donors (Lipinski definition) is 1. The van der Waals surface area contributed by atoms with Crippen LogP contribution in [0, 0.1) is 19.7 Å². The molecule has 1 N–H and O–H groups in total. The molecule has 2 rings (SSSR count). The number of amides is 1. The van der Waals surface area contributed by atoms with Gasteiger partial charge < -0.3 is 5.32 Å². The van der Waals surface area contributed by atoms with E-state index in [1.807, 2.05) is 13.0 Å². The van der Waals surface area contributed by atoms with Crippen LogP contribution in [0.5, 0.6) is 0 Å². The van der Waals surface area contributed by atoms with Gasteiger partial charge in [0.05, 0.1) is 9.35 Å². The van der Waals surface area contributed by atoms with Gasteiger partial charge in [0.2, 0.25) is 0 Å². The predicted molar refractivity (Wildman–Crippen MR) is 75.8 cm³/mol. The van der Waals surface area contributed by atoms with Crippen molar-refractivity contribution in [2.45, 2.75) is 13.8 Å². The minimum atomic E-state index is -0.336. The molecule has 0 spiro atoms. The van der Waals surface area contributed by atoms with Crippen LogP contribution in [0.4, 0.5) is 10.1 Å². The minimum absolute atomic E-state index is 0.172. The standard InChI is InChI=1S/C13H11BrFNOS/c1-7-5-10(15)9(14)6-11(7)16-13(17)12-4-3-8(2)18-12/h3-6H,1-2H3,(H,16,17). The number of halogens is 2. The SMILES string of the molecule is Cc1ccc(C(=O)Nc2cc(Br)c(F)cc2C)s1. The highest BCUT2D eigenvalue weighted by Crippen LogP contribution is 2.25. The largest absolute Gasteiger partial charge is 0.321 e. The monoisotopic (exact) mass is 327 g/mol. The molecule has 94 valence electrons. The van der Waals surface area contributed by atoms with Crippen molar-refractivity contribution in [1.29, 1.82) is 0 Å². The number of carbonyl (C=O) groups excluding carboxylic acids is 1. The zero-order chi connectivity index (χ0) is 13.3. The smallest absolute Gasteiger partial charge is 0.265 e. The van der Waals surface area contributed by atoms with Crippen LogP contribution < -0.4 is 5.32 Å². The van der Waals surface area contributed by atoms with E-state index in [0.29, 0.717) is 20.6 Å². The first-order valence-corrected chi connectivity index (χ1v) is 6.92. The second-order valence-electron chi connectivity index (χ2n) is 3.95. The van der Waals surface area contributed by atoms with Crippen molar-refractivity contribution in [3.63, 3.8) is 0 Å². The van der Waals surface area contributed by atoms with Gasteiger partial charge in [0.1, 0.15) is 5.82 Å². The highest BCUT2D eigenvalue weighted by Gasteiger charge is 2.11. The molecule has 0 radical (unpaired) electrons. The zero-order valence-electron chi connectivity index (χ0n) is 9.88. The summed E-state index contributed by atoms with van der Waals surface area (Å²) >= 11 is 4.54. The number of nitrogens with one attached hydrogen (secondary N) is 1. The summed E-state index contributed by atoms with van der Waals surface area (Å²) in [4.78, 5) is 13.7. The van der Waals surface area contributed by atoms with Gasteiger partial charge in [-0.3, -0.25) is 4.79 Å². The molecule has 0 aliphatic carbocycles. The first-order chi connectivity index (χ1) is 8.47. The van der Waals surface area contributed by atoms with Crippen LogP contribution in [-0.2, 0) is 0 Å². The van der Waals surface area contributed by atoms with E-state index >= 15 is 0 Å². The van der Waals surface area contributed by atoms with E-state index in [-0.39, 0.29) is 11.7 Å². The maximum absolute atomic E-state index is 13.3. The molecule has 0 atom stereocenters. The molecule has 0 aliphatic heterocycles. The van der Waals surface area contributed by atoms with Gasteiger partial charge in [-0.2, -0.15) is 0 Å². The van der Waals surface area contributed by atoms with E-state index in [1.165, 1.54) is 17.4 Å². The molecule has 0 saturated carbocycles. The number of thiophene rings is 1. The van der Waals surface area contributed by atoms with Gasteiger partial charge in [-0.25, -0.2) is 4.39 Å². The summed E-state index contributed by atoms with van der Waals surface area (Å²) in [7, 11) is 0. The average molecular weight is 328 g/mol. The predicted octanol–water partition coefficient (Wildman–Crippen LogP) is 4.52. The quantitative estimate of drug-likeness (QED) is 0.863. The Hall–Kier alpha value is -1.20. The summed E-state index contributed by atoms with van der Waals surface area (Å²) < 4.78 is 13.6. The summed E-state index contributed by atoms with van der Waals surface area (Å²) in [6.45, 7) is 3.70. The number of anilines is 1. The van der Waals surface area contributed by atoms with Crippen molar-refractivity contribution >= 4 is 38.9 Å². The third kappa shape index (κ3) is 2.79. The summed E-state index contributed by atoms with van der Waals surface area (Å²) in [5, 5.41) is 2.78. The number of carbonyl (C=O) groups is 1. The maximum atomic E-state index is 13.3. The fourth-order valence-electron chi connectivity index (χ4n) is 1.52. The number of benzene rings is 1. The molecule has 18 heavy (non-hydrogen) atoms. The lowest BCUT2D eigenvalue weighted by Crippen LogP contribution is -2.11. The Kier molecular flexibility index (Phi) is 3.82. The summed E-state index contributed by atoms with van der Waals surface area (Å²) in [5.74, 6) is -0.507. The number of aryl methyl sites for hydroxylation is 2. The lowest BCUT2D eigenvalue weighted by molar-refractivity contribution is 0.103. The van der Waals surface area contributed by atoms with Gasteiger partial charge in [0.15, 0.2) is 0 Å². The minimum Gasteiger partial charge on any atom is -0.321 e. The molecule has 1 heterocycles. The van der Waals surface area contributed by atoms with Crippen molar-refractivity contribution in [3.05, 3.63) is 49.9 Å². The molecule has 2 aromatic rings. The van der Waals surface area contributed by atoms with Gasteiger partial charge in [-0.1, -0.05) is 0 Å². The average Bonchev–Trinajstić information content (AvgIpc) is 2.73. The van der Waals surface area contributed by atoms with Crippen LogP contribution in [-0.4, -0.2) is 5.91 Å².